The standard InChI is InChI=1S/C12H14N2O4/c15-8-13-7-11(16)14-10(12(17)18)6-9-4-2-1-3-5-9/h1-5,8,10H,6-7H2,(H,13,15)(H,14,16)(H,17,18)/t10-/m0/s1. The first-order valence-electron chi connectivity index (χ1n) is 5.36. The molecule has 2 amide bonds. The number of hydrogen-bond acceptors (Lipinski definition) is 3. The van der Waals surface area contributed by atoms with Crippen LogP contribution in [0.2, 0.25) is 0 Å². The number of hydrogen-bond donors (Lipinski definition) is 3. The van der Waals surface area contributed by atoms with Crippen molar-refractivity contribution in [2.45, 2.75) is 12.5 Å². The van der Waals surface area contributed by atoms with E-state index >= 15 is 0 Å². The van der Waals surface area contributed by atoms with Gasteiger partial charge in [-0.25, -0.2) is 4.79 Å². The zero-order valence-electron chi connectivity index (χ0n) is 9.63. The first-order chi connectivity index (χ1) is 8.63. The summed E-state index contributed by atoms with van der Waals surface area (Å²) < 4.78 is 0. The molecule has 0 saturated heterocycles. The molecule has 18 heavy (non-hydrogen) atoms. The highest BCUT2D eigenvalue weighted by Gasteiger charge is 2.19. The molecule has 1 atom stereocenters. The lowest BCUT2D eigenvalue weighted by Crippen LogP contribution is -2.45. The Hall–Kier alpha value is -2.37. The number of benzene rings is 1. The Morgan fingerprint density at radius 1 is 1.28 bits per heavy atom. The van der Waals surface area contributed by atoms with Crippen molar-refractivity contribution in [3.63, 3.8) is 0 Å². The number of amides is 2. The van der Waals surface area contributed by atoms with Crippen molar-refractivity contribution in [3.05, 3.63) is 35.9 Å². The van der Waals surface area contributed by atoms with Crippen molar-refractivity contribution < 1.29 is 19.5 Å². The van der Waals surface area contributed by atoms with Crippen molar-refractivity contribution >= 4 is 18.3 Å². The minimum Gasteiger partial charge on any atom is -0.480 e. The maximum absolute atomic E-state index is 11.3. The Labute approximate surface area is 104 Å². The third kappa shape index (κ3) is 4.65. The van der Waals surface area contributed by atoms with E-state index in [-0.39, 0.29) is 13.0 Å². The van der Waals surface area contributed by atoms with Gasteiger partial charge in [0.15, 0.2) is 0 Å². The monoisotopic (exact) mass is 250 g/mol. The van der Waals surface area contributed by atoms with Gasteiger partial charge >= 0.3 is 5.97 Å². The van der Waals surface area contributed by atoms with E-state index < -0.39 is 17.9 Å². The van der Waals surface area contributed by atoms with E-state index in [2.05, 4.69) is 10.6 Å². The van der Waals surface area contributed by atoms with E-state index in [0.717, 1.165) is 5.56 Å². The van der Waals surface area contributed by atoms with Crippen molar-refractivity contribution in [2.24, 2.45) is 0 Å². The predicted molar refractivity (Wildman–Crippen MR) is 63.8 cm³/mol. The smallest absolute Gasteiger partial charge is 0.326 e. The Bertz CT molecular complexity index is 419. The summed E-state index contributed by atoms with van der Waals surface area (Å²) in [6.07, 6.45) is 0.579. The molecule has 96 valence electrons. The van der Waals surface area contributed by atoms with E-state index in [9.17, 15) is 14.4 Å². The third-order valence-corrected chi connectivity index (χ3v) is 2.26. The molecule has 0 aliphatic rings. The first kappa shape index (κ1) is 13.7. The SMILES string of the molecule is O=CNCC(=O)N[C@@H](Cc1ccccc1)C(=O)O. The third-order valence-electron chi connectivity index (χ3n) is 2.26. The first-order valence-corrected chi connectivity index (χ1v) is 5.36. The number of nitrogens with one attached hydrogen (secondary N) is 2. The largest absolute Gasteiger partial charge is 0.480 e. The highest BCUT2D eigenvalue weighted by Crippen LogP contribution is 2.03. The second-order valence-corrected chi connectivity index (χ2v) is 3.65. The molecule has 0 fully saturated rings. The van der Waals surface area contributed by atoms with Crippen LogP contribution in [0.25, 0.3) is 0 Å². The van der Waals surface area contributed by atoms with Crippen LogP contribution in [-0.4, -0.2) is 36.0 Å². The van der Waals surface area contributed by atoms with Crippen LogP contribution < -0.4 is 10.6 Å². The lowest BCUT2D eigenvalue weighted by Gasteiger charge is -2.14. The second-order valence-electron chi connectivity index (χ2n) is 3.65. The summed E-state index contributed by atoms with van der Waals surface area (Å²) in [7, 11) is 0. The van der Waals surface area contributed by atoms with E-state index in [1.807, 2.05) is 6.07 Å². The zero-order valence-corrected chi connectivity index (χ0v) is 9.63. The fourth-order valence-electron chi connectivity index (χ4n) is 1.43. The lowest BCUT2D eigenvalue weighted by molar-refractivity contribution is -0.141. The summed E-state index contributed by atoms with van der Waals surface area (Å²) in [5, 5.41) is 13.5. The zero-order chi connectivity index (χ0) is 13.4. The Balaban J connectivity index is 2.58. The molecule has 1 aromatic carbocycles. The summed E-state index contributed by atoms with van der Waals surface area (Å²) in [5.41, 5.74) is 0.813. The van der Waals surface area contributed by atoms with Crippen molar-refractivity contribution in [1.82, 2.24) is 10.6 Å². The average molecular weight is 250 g/mol. The predicted octanol–water partition coefficient (Wildman–Crippen LogP) is -0.456. The van der Waals surface area contributed by atoms with Crippen LogP contribution in [0.5, 0.6) is 0 Å². The fraction of sp³-hybridized carbons (Fsp3) is 0.250. The molecule has 0 aliphatic heterocycles. The van der Waals surface area contributed by atoms with E-state index in [0.29, 0.717) is 6.41 Å². The van der Waals surface area contributed by atoms with Crippen LogP contribution in [0.4, 0.5) is 0 Å². The molecule has 0 spiro atoms. The van der Waals surface area contributed by atoms with Crippen molar-refractivity contribution in [2.75, 3.05) is 6.54 Å². The maximum Gasteiger partial charge on any atom is 0.326 e. The number of carboxylic acids is 1. The Morgan fingerprint density at radius 3 is 2.50 bits per heavy atom. The topological polar surface area (TPSA) is 95.5 Å². The molecule has 3 N–H and O–H groups in total. The lowest BCUT2D eigenvalue weighted by atomic mass is 10.1. The second kappa shape index (κ2) is 7.05. The summed E-state index contributed by atoms with van der Waals surface area (Å²) in [6, 6.07) is 7.98. The maximum atomic E-state index is 11.3. The van der Waals surface area contributed by atoms with Gasteiger partial charge in [-0.2, -0.15) is 0 Å². The van der Waals surface area contributed by atoms with Gasteiger partial charge in [-0.3, -0.25) is 9.59 Å². The molecule has 0 unspecified atom stereocenters. The van der Waals surface area contributed by atoms with Gasteiger partial charge in [0.2, 0.25) is 12.3 Å². The molecule has 0 radical (unpaired) electrons. The number of carboxylic acid groups (broad SMARTS) is 1. The van der Waals surface area contributed by atoms with E-state index in [1.165, 1.54) is 0 Å². The molecule has 1 aromatic rings. The molecule has 6 heteroatoms. The summed E-state index contributed by atoms with van der Waals surface area (Å²) >= 11 is 0. The van der Waals surface area contributed by atoms with Gasteiger partial charge in [0.25, 0.3) is 0 Å². The Morgan fingerprint density at radius 2 is 1.94 bits per heavy atom. The highest BCUT2D eigenvalue weighted by atomic mass is 16.4. The van der Waals surface area contributed by atoms with Gasteiger partial charge in [-0.15, -0.1) is 0 Å². The van der Waals surface area contributed by atoms with Gasteiger partial charge in [0.05, 0.1) is 6.54 Å². The van der Waals surface area contributed by atoms with Crippen molar-refractivity contribution in [1.29, 1.82) is 0 Å². The Kier molecular flexibility index (Phi) is 5.37. The van der Waals surface area contributed by atoms with Gasteiger partial charge in [-0.1, -0.05) is 30.3 Å². The van der Waals surface area contributed by atoms with Crippen LogP contribution in [0.15, 0.2) is 30.3 Å². The quantitative estimate of drug-likeness (QED) is 0.571. The van der Waals surface area contributed by atoms with Gasteiger partial charge in [-0.05, 0) is 5.56 Å². The highest BCUT2D eigenvalue weighted by molar-refractivity contribution is 5.85. The fourth-order valence-corrected chi connectivity index (χ4v) is 1.43. The van der Waals surface area contributed by atoms with Crippen LogP contribution >= 0.6 is 0 Å². The van der Waals surface area contributed by atoms with Gasteiger partial charge < -0.3 is 15.7 Å². The van der Waals surface area contributed by atoms with E-state index in [1.54, 1.807) is 24.3 Å². The summed E-state index contributed by atoms with van der Waals surface area (Å²) in [5.74, 6) is -1.65. The molecule has 6 nitrogen and oxygen atoms in total. The average Bonchev–Trinajstić information content (AvgIpc) is 2.36. The molecule has 0 aromatic heterocycles. The molecule has 1 rings (SSSR count). The minimum atomic E-state index is -1.11. The molecule has 0 saturated carbocycles. The van der Waals surface area contributed by atoms with Gasteiger partial charge in [0, 0.05) is 6.42 Å². The normalized spacial score (nSPS) is 11.3. The molecular formula is C12H14N2O4. The molecule has 0 aliphatic carbocycles. The van der Waals surface area contributed by atoms with Crippen LogP contribution in [0.3, 0.4) is 0 Å². The van der Waals surface area contributed by atoms with Crippen LogP contribution in [-0.2, 0) is 20.8 Å². The number of aliphatic carboxylic acids is 1. The minimum absolute atomic E-state index is 0.197. The number of carbonyl (C=O) groups is 3. The summed E-state index contributed by atoms with van der Waals surface area (Å²) in [6.45, 7) is -0.234. The molecule has 0 heterocycles. The van der Waals surface area contributed by atoms with E-state index in [4.69, 9.17) is 5.11 Å². The summed E-state index contributed by atoms with van der Waals surface area (Å²) in [4.78, 5) is 32.3. The number of rotatable bonds is 7. The van der Waals surface area contributed by atoms with Gasteiger partial charge in [0.1, 0.15) is 6.04 Å². The molecule has 0 bridgehead atoms. The van der Waals surface area contributed by atoms with Crippen LogP contribution in [0.1, 0.15) is 5.56 Å². The number of carbonyl (C=O) groups excluding carboxylic acids is 2. The van der Waals surface area contributed by atoms with Crippen molar-refractivity contribution in [3.8, 4) is 0 Å². The molecular weight excluding hydrogens is 236 g/mol. The van der Waals surface area contributed by atoms with Crippen LogP contribution in [0, 0.1) is 0 Å².